The van der Waals surface area contributed by atoms with Gasteiger partial charge in [0.2, 0.25) is 5.91 Å². The third-order valence-corrected chi connectivity index (χ3v) is 5.66. The third kappa shape index (κ3) is 4.62. The van der Waals surface area contributed by atoms with E-state index in [0.717, 1.165) is 0 Å². The maximum Gasteiger partial charge on any atom is 0.267 e. The molecule has 2 aromatic rings. The van der Waals surface area contributed by atoms with Gasteiger partial charge in [0.15, 0.2) is 5.13 Å². The molecule has 1 atom stereocenters. The van der Waals surface area contributed by atoms with Crippen molar-refractivity contribution in [2.45, 2.75) is 32.7 Å². The lowest BCUT2D eigenvalue weighted by Crippen LogP contribution is -2.55. The summed E-state index contributed by atoms with van der Waals surface area (Å²) in [5.74, 6) is -0.0912. The van der Waals surface area contributed by atoms with Gasteiger partial charge in [0.1, 0.15) is 0 Å². The van der Waals surface area contributed by atoms with Crippen LogP contribution >= 0.6 is 22.7 Å². The van der Waals surface area contributed by atoms with Crippen LogP contribution in [0.15, 0.2) is 22.9 Å². The SMILES string of the molecule is CC(C)C(C)(CN)NC(=O)Cc1csc(NC(=O)c2cccs2)n1. The number of carbonyl (C=O) groups is 2. The first-order chi connectivity index (χ1) is 11.3. The monoisotopic (exact) mass is 366 g/mol. The number of rotatable bonds is 7. The summed E-state index contributed by atoms with van der Waals surface area (Å²) in [5.41, 5.74) is 5.97. The molecule has 8 heteroatoms. The second-order valence-corrected chi connectivity index (χ2v) is 7.88. The predicted octanol–water partition coefficient (Wildman–Crippen LogP) is 2.49. The van der Waals surface area contributed by atoms with Gasteiger partial charge in [0.05, 0.1) is 22.5 Å². The molecule has 0 saturated heterocycles. The highest BCUT2D eigenvalue weighted by Gasteiger charge is 2.28. The van der Waals surface area contributed by atoms with E-state index in [0.29, 0.717) is 22.2 Å². The van der Waals surface area contributed by atoms with E-state index in [2.05, 4.69) is 15.6 Å². The molecule has 0 aliphatic rings. The van der Waals surface area contributed by atoms with Gasteiger partial charge in [-0.25, -0.2) is 4.98 Å². The van der Waals surface area contributed by atoms with Crippen molar-refractivity contribution < 1.29 is 9.59 Å². The van der Waals surface area contributed by atoms with Crippen LogP contribution in [0.1, 0.15) is 36.1 Å². The average Bonchev–Trinajstić information content (AvgIpc) is 3.18. The molecule has 2 rings (SSSR count). The molecule has 130 valence electrons. The Morgan fingerprint density at radius 2 is 2.12 bits per heavy atom. The number of aromatic nitrogens is 1. The third-order valence-electron chi connectivity index (χ3n) is 3.98. The minimum Gasteiger partial charge on any atom is -0.349 e. The van der Waals surface area contributed by atoms with Gasteiger partial charge in [-0.15, -0.1) is 22.7 Å². The first-order valence-corrected chi connectivity index (χ1v) is 9.40. The van der Waals surface area contributed by atoms with Crippen LogP contribution in [-0.4, -0.2) is 28.9 Å². The fourth-order valence-electron chi connectivity index (χ4n) is 1.97. The highest BCUT2D eigenvalue weighted by Crippen LogP contribution is 2.19. The standard InChI is InChI=1S/C16H22N4O2S2/c1-10(2)16(3,9-17)20-13(21)7-11-8-24-15(18-11)19-14(22)12-5-4-6-23-12/h4-6,8,10H,7,9,17H2,1-3H3,(H,20,21)(H,18,19,22). The first-order valence-electron chi connectivity index (χ1n) is 7.64. The van der Waals surface area contributed by atoms with Crippen molar-refractivity contribution in [1.29, 1.82) is 0 Å². The molecule has 1 unspecified atom stereocenters. The summed E-state index contributed by atoms with van der Waals surface area (Å²) in [6.07, 6.45) is 0.160. The van der Waals surface area contributed by atoms with Crippen LogP contribution in [0.2, 0.25) is 0 Å². The zero-order chi connectivity index (χ0) is 17.7. The quantitative estimate of drug-likeness (QED) is 0.701. The summed E-state index contributed by atoms with van der Waals surface area (Å²) in [6.45, 7) is 6.35. The van der Waals surface area contributed by atoms with E-state index in [1.54, 1.807) is 11.4 Å². The lowest BCUT2D eigenvalue weighted by Gasteiger charge is -2.33. The number of nitrogens with two attached hydrogens (primary N) is 1. The molecule has 0 bridgehead atoms. The summed E-state index contributed by atoms with van der Waals surface area (Å²) < 4.78 is 0. The number of hydrogen-bond acceptors (Lipinski definition) is 6. The van der Waals surface area contributed by atoms with Gasteiger partial charge in [0.25, 0.3) is 5.91 Å². The molecule has 4 N–H and O–H groups in total. The molecular formula is C16H22N4O2S2. The van der Waals surface area contributed by atoms with Gasteiger partial charge in [-0.1, -0.05) is 19.9 Å². The zero-order valence-electron chi connectivity index (χ0n) is 14.0. The normalized spacial score (nSPS) is 13.5. The van der Waals surface area contributed by atoms with Gasteiger partial charge in [0, 0.05) is 11.9 Å². The Morgan fingerprint density at radius 1 is 1.38 bits per heavy atom. The van der Waals surface area contributed by atoms with Crippen molar-refractivity contribution in [1.82, 2.24) is 10.3 Å². The number of thiophene rings is 1. The molecule has 0 aromatic carbocycles. The van der Waals surface area contributed by atoms with E-state index in [-0.39, 0.29) is 24.2 Å². The largest absolute Gasteiger partial charge is 0.349 e. The second-order valence-electron chi connectivity index (χ2n) is 6.08. The maximum absolute atomic E-state index is 12.2. The summed E-state index contributed by atoms with van der Waals surface area (Å²) >= 11 is 2.67. The molecular weight excluding hydrogens is 344 g/mol. The van der Waals surface area contributed by atoms with Crippen LogP contribution in [0.4, 0.5) is 5.13 Å². The van der Waals surface area contributed by atoms with Crippen LogP contribution in [0, 0.1) is 5.92 Å². The average molecular weight is 367 g/mol. The van der Waals surface area contributed by atoms with Gasteiger partial charge in [-0.3, -0.25) is 14.9 Å². The number of carbonyl (C=O) groups excluding carboxylic acids is 2. The summed E-state index contributed by atoms with van der Waals surface area (Å²) in [6, 6.07) is 3.57. The molecule has 0 aliphatic carbocycles. The lowest BCUT2D eigenvalue weighted by molar-refractivity contribution is -0.122. The molecule has 6 nitrogen and oxygen atoms in total. The van der Waals surface area contributed by atoms with Crippen LogP contribution in [-0.2, 0) is 11.2 Å². The fourth-order valence-corrected chi connectivity index (χ4v) is 3.29. The number of thiazole rings is 1. The topological polar surface area (TPSA) is 97.1 Å². The smallest absolute Gasteiger partial charge is 0.267 e. The van der Waals surface area contributed by atoms with Crippen LogP contribution < -0.4 is 16.4 Å². The Hall–Kier alpha value is -1.77. The molecule has 0 fully saturated rings. The molecule has 24 heavy (non-hydrogen) atoms. The minimum atomic E-state index is -0.441. The number of amides is 2. The Bertz CT molecular complexity index is 697. The molecule has 2 amide bonds. The zero-order valence-corrected chi connectivity index (χ0v) is 15.6. The van der Waals surface area contributed by atoms with Crippen molar-refractivity contribution in [3.63, 3.8) is 0 Å². The number of hydrogen-bond donors (Lipinski definition) is 3. The van der Waals surface area contributed by atoms with E-state index in [9.17, 15) is 9.59 Å². The minimum absolute atomic E-state index is 0.127. The van der Waals surface area contributed by atoms with Crippen molar-refractivity contribution in [2.75, 3.05) is 11.9 Å². The lowest BCUT2D eigenvalue weighted by atomic mass is 9.88. The highest BCUT2D eigenvalue weighted by molar-refractivity contribution is 7.14. The fraction of sp³-hybridized carbons (Fsp3) is 0.438. The Balaban J connectivity index is 1.93. The Kier molecular flexibility index (Phi) is 6.09. The summed E-state index contributed by atoms with van der Waals surface area (Å²) in [4.78, 5) is 29.1. The van der Waals surface area contributed by atoms with Gasteiger partial charge < -0.3 is 11.1 Å². The van der Waals surface area contributed by atoms with E-state index in [1.165, 1.54) is 22.7 Å². The molecule has 0 spiro atoms. The number of nitrogens with one attached hydrogen (secondary N) is 2. The van der Waals surface area contributed by atoms with Crippen LogP contribution in [0.3, 0.4) is 0 Å². The van der Waals surface area contributed by atoms with E-state index < -0.39 is 5.54 Å². The number of anilines is 1. The molecule has 0 aliphatic heterocycles. The second kappa shape index (κ2) is 7.87. The van der Waals surface area contributed by atoms with E-state index in [1.807, 2.05) is 32.2 Å². The van der Waals surface area contributed by atoms with Gasteiger partial charge in [-0.2, -0.15) is 0 Å². The Labute approximate surface area is 149 Å². The van der Waals surface area contributed by atoms with E-state index in [4.69, 9.17) is 5.73 Å². The maximum atomic E-state index is 12.2. The van der Waals surface area contributed by atoms with Crippen LogP contribution in [0.25, 0.3) is 0 Å². The van der Waals surface area contributed by atoms with Crippen molar-refractivity contribution >= 4 is 39.6 Å². The first kappa shape index (κ1) is 18.6. The van der Waals surface area contributed by atoms with Crippen LogP contribution in [0.5, 0.6) is 0 Å². The molecule has 0 saturated carbocycles. The summed E-state index contributed by atoms with van der Waals surface area (Å²) in [5, 5.41) is 9.83. The summed E-state index contributed by atoms with van der Waals surface area (Å²) in [7, 11) is 0. The molecule has 2 aromatic heterocycles. The van der Waals surface area contributed by atoms with Crippen molar-refractivity contribution in [2.24, 2.45) is 11.7 Å². The predicted molar refractivity (Wildman–Crippen MR) is 98.5 cm³/mol. The Morgan fingerprint density at radius 3 is 2.71 bits per heavy atom. The number of nitrogens with zero attached hydrogens (tertiary/aromatic N) is 1. The van der Waals surface area contributed by atoms with Crippen molar-refractivity contribution in [3.8, 4) is 0 Å². The van der Waals surface area contributed by atoms with Gasteiger partial charge in [-0.05, 0) is 24.3 Å². The molecule has 0 radical (unpaired) electrons. The van der Waals surface area contributed by atoms with Gasteiger partial charge >= 0.3 is 0 Å². The van der Waals surface area contributed by atoms with Crippen molar-refractivity contribution in [3.05, 3.63) is 33.5 Å². The highest BCUT2D eigenvalue weighted by atomic mass is 32.1. The van der Waals surface area contributed by atoms with E-state index >= 15 is 0 Å². The molecule has 2 heterocycles.